The second kappa shape index (κ2) is 8.90. The number of aryl methyl sites for hydroxylation is 1. The molecule has 0 aliphatic heterocycles. The Morgan fingerprint density at radius 1 is 1.16 bits per heavy atom. The molecule has 2 aliphatic rings. The highest BCUT2D eigenvalue weighted by Crippen LogP contribution is 2.42. The number of benzene rings is 1. The van der Waals surface area contributed by atoms with Gasteiger partial charge < -0.3 is 10.1 Å². The zero-order valence-corrected chi connectivity index (χ0v) is 19.9. The number of nitrogens with zero attached hydrogens (tertiary/aromatic N) is 1. The fourth-order valence-corrected chi connectivity index (χ4v) is 7.27. The van der Waals surface area contributed by atoms with Crippen molar-refractivity contribution in [3.8, 4) is 10.4 Å². The molecule has 31 heavy (non-hydrogen) atoms. The summed E-state index contributed by atoms with van der Waals surface area (Å²) in [6.45, 7) is 5.61. The average molecular weight is 463 g/mol. The molecule has 0 bridgehead atoms. The van der Waals surface area contributed by atoms with Crippen molar-refractivity contribution in [2.24, 2.45) is 0 Å². The van der Waals surface area contributed by atoms with E-state index in [4.69, 9.17) is 4.74 Å². The van der Waals surface area contributed by atoms with Crippen molar-refractivity contribution >= 4 is 27.3 Å². The number of hydrogen-bond acceptors (Lipinski definition) is 6. The number of carbonyl (C=O) groups is 1. The van der Waals surface area contributed by atoms with Gasteiger partial charge in [-0.15, -0.1) is 11.3 Å². The van der Waals surface area contributed by atoms with Crippen LogP contribution in [0.5, 0.6) is 0 Å². The van der Waals surface area contributed by atoms with Crippen molar-refractivity contribution in [1.29, 1.82) is 0 Å². The van der Waals surface area contributed by atoms with Crippen LogP contribution >= 0.6 is 11.3 Å². The van der Waals surface area contributed by atoms with Gasteiger partial charge in [-0.2, -0.15) is 0 Å². The summed E-state index contributed by atoms with van der Waals surface area (Å²) in [6, 6.07) is 5.82. The summed E-state index contributed by atoms with van der Waals surface area (Å²) >= 11 is 1.60. The Bertz CT molecular complexity index is 1050. The summed E-state index contributed by atoms with van der Waals surface area (Å²) in [5.41, 5.74) is 1.72. The first-order chi connectivity index (χ1) is 14.7. The van der Waals surface area contributed by atoms with E-state index in [9.17, 15) is 13.2 Å². The Morgan fingerprint density at radius 3 is 2.52 bits per heavy atom. The normalized spacial score (nSPS) is 21.8. The molecule has 2 saturated carbocycles. The Balaban J connectivity index is 1.46. The number of thiazole rings is 1. The van der Waals surface area contributed by atoms with E-state index < -0.39 is 9.84 Å². The highest BCUT2D eigenvalue weighted by atomic mass is 32.2. The van der Waals surface area contributed by atoms with Gasteiger partial charge in [-0.05, 0) is 70.9 Å². The minimum Gasteiger partial charge on any atom is -0.447 e. The van der Waals surface area contributed by atoms with Crippen molar-refractivity contribution in [3.63, 3.8) is 0 Å². The highest BCUT2D eigenvalue weighted by Gasteiger charge is 2.38. The molecular formula is C23H30N2O4S2. The van der Waals surface area contributed by atoms with Crippen LogP contribution in [0.3, 0.4) is 0 Å². The number of aromatic nitrogens is 1. The Morgan fingerprint density at radius 2 is 1.87 bits per heavy atom. The van der Waals surface area contributed by atoms with Gasteiger partial charge in [0.1, 0.15) is 0 Å². The molecule has 1 heterocycles. The predicted molar refractivity (Wildman–Crippen MR) is 122 cm³/mol. The first-order valence-electron chi connectivity index (χ1n) is 11.0. The van der Waals surface area contributed by atoms with E-state index in [2.05, 4.69) is 10.3 Å². The van der Waals surface area contributed by atoms with Gasteiger partial charge in [0.15, 0.2) is 9.84 Å². The quantitative estimate of drug-likeness (QED) is 0.636. The number of carbonyl (C=O) groups excluding carboxylic acids is 1. The molecule has 1 amide bonds. The molecule has 0 radical (unpaired) electrons. The molecule has 2 fully saturated rings. The number of nitrogens with one attached hydrogen (secondary N) is 1. The SMILES string of the molecule is Cc1ccc(-c2cnc([C@H]3CC[C@H](NC(=O)OC(C)C)CC3)s2)c(S(=O)(=O)C2CC2)c1. The molecular weight excluding hydrogens is 432 g/mol. The van der Waals surface area contributed by atoms with Crippen LogP contribution < -0.4 is 5.32 Å². The molecule has 2 aliphatic carbocycles. The monoisotopic (exact) mass is 462 g/mol. The summed E-state index contributed by atoms with van der Waals surface area (Å²) in [6.07, 6.45) is 6.52. The van der Waals surface area contributed by atoms with Gasteiger partial charge in [-0.3, -0.25) is 0 Å². The predicted octanol–water partition coefficient (Wildman–Crippen LogP) is 5.22. The van der Waals surface area contributed by atoms with Gasteiger partial charge in [-0.1, -0.05) is 12.1 Å². The maximum absolute atomic E-state index is 13.0. The van der Waals surface area contributed by atoms with Crippen molar-refractivity contribution in [2.75, 3.05) is 0 Å². The van der Waals surface area contributed by atoms with Crippen LogP contribution in [0.2, 0.25) is 0 Å². The molecule has 168 valence electrons. The first kappa shape index (κ1) is 22.3. The Kier molecular flexibility index (Phi) is 6.40. The zero-order chi connectivity index (χ0) is 22.2. The minimum absolute atomic E-state index is 0.125. The van der Waals surface area contributed by atoms with E-state index in [1.54, 1.807) is 17.4 Å². The van der Waals surface area contributed by atoms with Crippen LogP contribution in [0.15, 0.2) is 29.3 Å². The van der Waals surface area contributed by atoms with E-state index in [0.29, 0.717) is 10.8 Å². The molecule has 0 saturated heterocycles. The fraction of sp³-hybridized carbons (Fsp3) is 0.565. The molecule has 1 aromatic carbocycles. The average Bonchev–Trinajstić information content (AvgIpc) is 3.47. The minimum atomic E-state index is -3.28. The maximum atomic E-state index is 13.0. The zero-order valence-electron chi connectivity index (χ0n) is 18.3. The molecule has 0 unspecified atom stereocenters. The first-order valence-corrected chi connectivity index (χ1v) is 13.4. The van der Waals surface area contributed by atoms with Crippen LogP contribution in [-0.2, 0) is 14.6 Å². The lowest BCUT2D eigenvalue weighted by Crippen LogP contribution is -2.38. The van der Waals surface area contributed by atoms with E-state index in [0.717, 1.165) is 59.5 Å². The molecule has 0 spiro atoms. The summed E-state index contributed by atoms with van der Waals surface area (Å²) in [4.78, 5) is 17.8. The maximum Gasteiger partial charge on any atom is 0.407 e. The third-order valence-electron chi connectivity index (χ3n) is 5.94. The van der Waals surface area contributed by atoms with Gasteiger partial charge in [0.05, 0.1) is 26.1 Å². The summed E-state index contributed by atoms with van der Waals surface area (Å²) in [7, 11) is -3.28. The third kappa shape index (κ3) is 5.12. The molecule has 6 nitrogen and oxygen atoms in total. The fourth-order valence-electron chi connectivity index (χ4n) is 4.13. The number of ether oxygens (including phenoxy) is 1. The summed E-state index contributed by atoms with van der Waals surface area (Å²) in [5.74, 6) is 0.340. The van der Waals surface area contributed by atoms with Gasteiger partial charge in [0, 0.05) is 23.7 Å². The topological polar surface area (TPSA) is 85.4 Å². The molecule has 2 aromatic rings. The second-order valence-corrected chi connectivity index (χ2v) is 12.2. The number of rotatable bonds is 6. The highest BCUT2D eigenvalue weighted by molar-refractivity contribution is 7.92. The molecule has 1 aromatic heterocycles. The van der Waals surface area contributed by atoms with Gasteiger partial charge in [-0.25, -0.2) is 18.2 Å². The van der Waals surface area contributed by atoms with Gasteiger partial charge >= 0.3 is 6.09 Å². The lowest BCUT2D eigenvalue weighted by atomic mass is 9.86. The van der Waals surface area contributed by atoms with Crippen LogP contribution in [0.4, 0.5) is 4.79 Å². The Labute approximate surface area is 188 Å². The lowest BCUT2D eigenvalue weighted by molar-refractivity contribution is 0.109. The van der Waals surface area contributed by atoms with Crippen LogP contribution in [0.25, 0.3) is 10.4 Å². The second-order valence-electron chi connectivity index (χ2n) is 8.95. The van der Waals surface area contributed by atoms with Gasteiger partial charge in [0.25, 0.3) is 0 Å². The standard InChI is InChI=1S/C23H30N2O4S2/c1-14(2)29-23(26)25-17-7-5-16(6-8-17)22-24-13-20(30-22)19-11-4-15(3)12-21(19)31(27,28)18-9-10-18/h4,11-14,16-18H,5-10H2,1-3H3,(H,25,26)/t16-,17-. The lowest BCUT2D eigenvalue weighted by Gasteiger charge is -2.28. The summed E-state index contributed by atoms with van der Waals surface area (Å²) in [5, 5.41) is 3.77. The molecule has 0 atom stereocenters. The van der Waals surface area contributed by atoms with Crippen LogP contribution in [-0.4, -0.2) is 36.9 Å². The van der Waals surface area contributed by atoms with E-state index >= 15 is 0 Å². The molecule has 4 rings (SSSR count). The van der Waals surface area contributed by atoms with E-state index in [-0.39, 0.29) is 23.5 Å². The number of sulfone groups is 1. The molecule has 1 N–H and O–H groups in total. The molecule has 8 heteroatoms. The van der Waals surface area contributed by atoms with Crippen molar-refractivity contribution < 1.29 is 17.9 Å². The van der Waals surface area contributed by atoms with Crippen molar-refractivity contribution in [2.45, 2.75) is 87.5 Å². The summed E-state index contributed by atoms with van der Waals surface area (Å²) < 4.78 is 31.1. The third-order valence-corrected chi connectivity index (χ3v) is 9.43. The largest absolute Gasteiger partial charge is 0.447 e. The smallest absolute Gasteiger partial charge is 0.407 e. The van der Waals surface area contributed by atoms with Gasteiger partial charge in [0.2, 0.25) is 0 Å². The van der Waals surface area contributed by atoms with Crippen LogP contribution in [0.1, 0.15) is 68.9 Å². The number of hydrogen-bond donors (Lipinski definition) is 1. The van der Waals surface area contributed by atoms with Crippen molar-refractivity contribution in [3.05, 3.63) is 35.0 Å². The van der Waals surface area contributed by atoms with E-state index in [1.165, 1.54) is 0 Å². The number of alkyl carbamates (subject to hydrolysis) is 1. The Hall–Kier alpha value is -1.93. The van der Waals surface area contributed by atoms with E-state index in [1.807, 2.05) is 39.1 Å². The van der Waals surface area contributed by atoms with Crippen LogP contribution in [0, 0.1) is 6.92 Å². The van der Waals surface area contributed by atoms with Crippen molar-refractivity contribution in [1.82, 2.24) is 10.3 Å². The number of amides is 1.